The molecule has 0 unspecified atom stereocenters. The molecular weight excluding hydrogens is 159 g/mol. The topological polar surface area (TPSA) is 9.23 Å². The van der Waals surface area contributed by atoms with Crippen molar-refractivity contribution < 1.29 is 4.74 Å². The average Bonchev–Trinajstić information content (AvgIpc) is 1.93. The fourth-order valence-electron chi connectivity index (χ4n) is 0.489. The van der Waals surface area contributed by atoms with Crippen molar-refractivity contribution in [3.05, 3.63) is 12.3 Å². The van der Waals surface area contributed by atoms with E-state index in [0.717, 1.165) is 6.61 Å². The lowest BCUT2D eigenvalue weighted by atomic mass is 10.3. The van der Waals surface area contributed by atoms with Gasteiger partial charge < -0.3 is 4.74 Å². The largest absolute Gasteiger partial charge is 0.502 e. The molecule has 0 aromatic carbocycles. The summed E-state index contributed by atoms with van der Waals surface area (Å²) in [5.74, 6) is 0. The van der Waals surface area contributed by atoms with Gasteiger partial charge in [-0.3, -0.25) is 0 Å². The summed E-state index contributed by atoms with van der Waals surface area (Å²) in [6.45, 7) is 0.913. The fraction of sp³-hybridized carbons (Fsp3) is 0.667. The lowest BCUT2D eigenvalue weighted by Crippen LogP contribution is -1.90. The van der Waals surface area contributed by atoms with Gasteiger partial charge in [0.25, 0.3) is 0 Å². The molecule has 9 heavy (non-hydrogen) atoms. The fourth-order valence-corrected chi connectivity index (χ4v) is 0.489. The van der Waals surface area contributed by atoms with Crippen LogP contribution in [0.3, 0.4) is 0 Å². The summed E-state index contributed by atoms with van der Waals surface area (Å²) in [7, 11) is 0. The molecular formula is C6H10Cl2O. The lowest BCUT2D eigenvalue weighted by molar-refractivity contribution is 0.231. The molecule has 0 atom stereocenters. The smallest absolute Gasteiger partial charge is 0.0967 e. The molecule has 0 saturated heterocycles. The van der Waals surface area contributed by atoms with E-state index in [0.29, 0.717) is 0 Å². The molecule has 54 valence electrons. The van der Waals surface area contributed by atoms with Gasteiger partial charge in [0.15, 0.2) is 0 Å². The number of rotatable bonds is 0. The number of halogens is 2. The summed E-state index contributed by atoms with van der Waals surface area (Å²) >= 11 is 9.53. The first-order valence-electron chi connectivity index (χ1n) is 2.80. The van der Waals surface area contributed by atoms with E-state index >= 15 is 0 Å². The summed E-state index contributed by atoms with van der Waals surface area (Å²) in [6.07, 6.45) is 6.20. The maximum Gasteiger partial charge on any atom is 0.0967 e. The Kier molecular flexibility index (Phi) is 8.23. The van der Waals surface area contributed by atoms with E-state index in [4.69, 9.17) is 27.9 Å². The van der Waals surface area contributed by atoms with Gasteiger partial charge in [-0.05, 0) is 18.9 Å². The molecule has 1 heterocycles. The van der Waals surface area contributed by atoms with Crippen molar-refractivity contribution in [3.8, 4) is 0 Å². The van der Waals surface area contributed by atoms with Gasteiger partial charge in [0.1, 0.15) is 0 Å². The van der Waals surface area contributed by atoms with Crippen LogP contribution in [0.1, 0.15) is 12.8 Å². The molecule has 0 bridgehead atoms. The molecule has 3 heteroatoms. The highest BCUT2D eigenvalue weighted by Gasteiger charge is 1.86. The third kappa shape index (κ3) is 8.12. The minimum Gasteiger partial charge on any atom is -0.502 e. The summed E-state index contributed by atoms with van der Waals surface area (Å²) in [5.41, 5.74) is 0. The van der Waals surface area contributed by atoms with E-state index in [2.05, 4.69) is 0 Å². The van der Waals surface area contributed by atoms with Gasteiger partial charge >= 0.3 is 0 Å². The van der Waals surface area contributed by atoms with Crippen LogP contribution in [0.25, 0.3) is 0 Å². The van der Waals surface area contributed by atoms with Crippen molar-refractivity contribution in [2.45, 2.75) is 12.8 Å². The number of hydrogen-bond donors (Lipinski definition) is 0. The van der Waals surface area contributed by atoms with Gasteiger partial charge in [-0.25, -0.2) is 0 Å². The van der Waals surface area contributed by atoms with E-state index in [9.17, 15) is 0 Å². The Bertz CT molecular complexity index is 65.5. The van der Waals surface area contributed by atoms with Crippen LogP contribution < -0.4 is 0 Å². The van der Waals surface area contributed by atoms with E-state index in [1.54, 1.807) is 6.26 Å². The molecule has 1 aliphatic rings. The zero-order chi connectivity index (χ0) is 6.95. The molecule has 0 N–H and O–H groups in total. The number of allylic oxidation sites excluding steroid dienone is 1. The van der Waals surface area contributed by atoms with E-state index in [-0.39, 0.29) is 5.34 Å². The van der Waals surface area contributed by atoms with Crippen LogP contribution in [0.15, 0.2) is 12.3 Å². The standard InChI is InChI=1S/C5H8O.CH2Cl2/c1-2-4-6-5-3-1;2-1-3/h2,4H,1,3,5H2;1H2. The SMILES string of the molecule is C1=COCCC1.ClCCl. The lowest BCUT2D eigenvalue weighted by Gasteiger charge is -2.01. The molecule has 0 aromatic heterocycles. The summed E-state index contributed by atoms with van der Waals surface area (Å²) in [6, 6.07) is 0. The third-order valence-corrected chi connectivity index (χ3v) is 0.825. The molecule has 0 radical (unpaired) electrons. The molecule has 0 aromatic rings. The number of ether oxygens (including phenoxy) is 1. The second-order valence-electron chi connectivity index (χ2n) is 1.49. The third-order valence-electron chi connectivity index (χ3n) is 0.825. The Morgan fingerprint density at radius 3 is 2.22 bits per heavy atom. The van der Waals surface area contributed by atoms with Crippen LogP contribution in [0, 0.1) is 0 Å². The quantitative estimate of drug-likeness (QED) is 0.506. The minimum atomic E-state index is 0.194. The summed E-state index contributed by atoms with van der Waals surface area (Å²) < 4.78 is 4.89. The predicted molar refractivity (Wildman–Crippen MR) is 40.9 cm³/mol. The molecule has 0 amide bonds. The molecule has 0 spiro atoms. The molecule has 1 rings (SSSR count). The Balaban J connectivity index is 0.000000187. The molecule has 0 saturated carbocycles. The van der Waals surface area contributed by atoms with Crippen LogP contribution in [-0.2, 0) is 4.74 Å². The van der Waals surface area contributed by atoms with Gasteiger partial charge in [0.05, 0.1) is 18.2 Å². The maximum absolute atomic E-state index is 4.89. The minimum absolute atomic E-state index is 0.194. The monoisotopic (exact) mass is 168 g/mol. The van der Waals surface area contributed by atoms with Crippen LogP contribution in [0.2, 0.25) is 0 Å². The van der Waals surface area contributed by atoms with Gasteiger partial charge in [-0.2, -0.15) is 0 Å². The van der Waals surface area contributed by atoms with Crippen LogP contribution >= 0.6 is 23.2 Å². The van der Waals surface area contributed by atoms with Crippen molar-refractivity contribution in [2.75, 3.05) is 11.9 Å². The van der Waals surface area contributed by atoms with Gasteiger partial charge in [0, 0.05) is 0 Å². The Labute approximate surface area is 65.6 Å². The number of alkyl halides is 2. The number of hydrogen-bond acceptors (Lipinski definition) is 1. The first-order chi connectivity index (χ1) is 4.41. The Morgan fingerprint density at radius 2 is 2.11 bits per heavy atom. The molecule has 1 nitrogen and oxygen atoms in total. The maximum atomic E-state index is 4.89. The van der Waals surface area contributed by atoms with Crippen LogP contribution in [0.4, 0.5) is 0 Å². The highest BCUT2D eigenvalue weighted by molar-refractivity contribution is 6.40. The zero-order valence-electron chi connectivity index (χ0n) is 5.15. The van der Waals surface area contributed by atoms with E-state index < -0.39 is 0 Å². The highest BCUT2D eigenvalue weighted by atomic mass is 35.5. The van der Waals surface area contributed by atoms with E-state index in [1.165, 1.54) is 12.8 Å². The average molecular weight is 169 g/mol. The van der Waals surface area contributed by atoms with Gasteiger partial charge in [0.2, 0.25) is 0 Å². The van der Waals surface area contributed by atoms with Crippen molar-refractivity contribution in [2.24, 2.45) is 0 Å². The predicted octanol–water partition coefficient (Wildman–Crippen LogP) is 2.73. The summed E-state index contributed by atoms with van der Waals surface area (Å²) in [4.78, 5) is 0. The normalized spacial score (nSPS) is 15.3. The molecule has 1 aliphatic heterocycles. The van der Waals surface area contributed by atoms with Crippen molar-refractivity contribution >= 4 is 23.2 Å². The Hall–Kier alpha value is 0.120. The van der Waals surface area contributed by atoms with E-state index in [1.807, 2.05) is 6.08 Å². The second kappa shape index (κ2) is 8.12. The highest BCUT2D eigenvalue weighted by Crippen LogP contribution is 1.97. The van der Waals surface area contributed by atoms with Crippen molar-refractivity contribution in [3.63, 3.8) is 0 Å². The van der Waals surface area contributed by atoms with Gasteiger partial charge in [-0.1, -0.05) is 0 Å². The first-order valence-corrected chi connectivity index (χ1v) is 3.87. The zero-order valence-corrected chi connectivity index (χ0v) is 6.66. The van der Waals surface area contributed by atoms with Crippen LogP contribution in [0.5, 0.6) is 0 Å². The first kappa shape index (κ1) is 9.12. The molecule has 0 fully saturated rings. The second-order valence-corrected chi connectivity index (χ2v) is 2.29. The summed E-state index contributed by atoms with van der Waals surface area (Å²) in [5, 5.41) is 0.194. The van der Waals surface area contributed by atoms with Crippen molar-refractivity contribution in [1.29, 1.82) is 0 Å². The van der Waals surface area contributed by atoms with Crippen molar-refractivity contribution in [1.82, 2.24) is 0 Å². The van der Waals surface area contributed by atoms with Gasteiger partial charge in [-0.15, -0.1) is 23.2 Å². The van der Waals surface area contributed by atoms with Crippen LogP contribution in [-0.4, -0.2) is 11.9 Å². The molecule has 0 aliphatic carbocycles. The Morgan fingerprint density at radius 1 is 1.44 bits per heavy atom.